The average molecular weight is 374 g/mol. The van der Waals surface area contributed by atoms with Gasteiger partial charge in [0.1, 0.15) is 0 Å². The molecule has 3 unspecified atom stereocenters. The van der Waals surface area contributed by atoms with Gasteiger partial charge < -0.3 is 11.1 Å². The molecule has 1 fully saturated rings. The monoisotopic (exact) mass is 372 g/mol. The van der Waals surface area contributed by atoms with E-state index in [0.29, 0.717) is 16.6 Å². The van der Waals surface area contributed by atoms with E-state index in [1.807, 2.05) is 12.1 Å². The van der Waals surface area contributed by atoms with Gasteiger partial charge in [-0.25, -0.2) is 0 Å². The van der Waals surface area contributed by atoms with Gasteiger partial charge in [0, 0.05) is 16.4 Å². The Morgan fingerprint density at radius 3 is 2.76 bits per heavy atom. The second-order valence-electron chi connectivity index (χ2n) is 6.52. The highest BCUT2D eigenvalue weighted by molar-refractivity contribution is 9.10. The number of anilines is 1. The Balaban J connectivity index is 2.18. The molecule has 0 aliphatic heterocycles. The summed E-state index contributed by atoms with van der Waals surface area (Å²) in [6.07, 6.45) is 1.70. The number of nitrogens with two attached hydrogens (primary N) is 1. The molecule has 21 heavy (non-hydrogen) atoms. The summed E-state index contributed by atoms with van der Waals surface area (Å²) >= 11 is 9.54. The minimum atomic E-state index is -0.125. The summed E-state index contributed by atoms with van der Waals surface area (Å²) in [7, 11) is 0. The molecule has 1 aliphatic carbocycles. The van der Waals surface area contributed by atoms with Crippen molar-refractivity contribution in [3.05, 3.63) is 27.7 Å². The van der Waals surface area contributed by atoms with Crippen LogP contribution in [-0.4, -0.2) is 11.9 Å². The fourth-order valence-electron chi connectivity index (χ4n) is 3.13. The first-order valence-electron chi connectivity index (χ1n) is 7.25. The first-order valence-corrected chi connectivity index (χ1v) is 8.42. The third-order valence-electron chi connectivity index (χ3n) is 5.01. The molecule has 1 aliphatic rings. The Labute approximate surface area is 139 Å². The summed E-state index contributed by atoms with van der Waals surface area (Å²) in [6, 6.07) is 5.61. The van der Waals surface area contributed by atoms with E-state index in [-0.39, 0.29) is 23.3 Å². The van der Waals surface area contributed by atoms with Crippen molar-refractivity contribution in [2.45, 2.75) is 39.7 Å². The Morgan fingerprint density at radius 1 is 1.43 bits per heavy atom. The van der Waals surface area contributed by atoms with E-state index in [9.17, 15) is 4.79 Å². The summed E-state index contributed by atoms with van der Waals surface area (Å²) in [6.45, 7) is 6.39. The predicted molar refractivity (Wildman–Crippen MR) is 91.4 cm³/mol. The molecule has 1 aromatic carbocycles. The number of amides is 1. The Morgan fingerprint density at radius 2 is 2.10 bits per heavy atom. The number of benzene rings is 1. The molecule has 0 radical (unpaired) electrons. The van der Waals surface area contributed by atoms with Gasteiger partial charge in [0.05, 0.1) is 10.7 Å². The number of rotatable bonds is 2. The maximum absolute atomic E-state index is 12.7. The quantitative estimate of drug-likeness (QED) is 0.805. The van der Waals surface area contributed by atoms with Crippen molar-refractivity contribution < 1.29 is 4.79 Å². The Kier molecular flexibility index (Phi) is 5.01. The minimum absolute atomic E-state index is 0.0266. The van der Waals surface area contributed by atoms with E-state index in [2.05, 4.69) is 42.0 Å². The summed E-state index contributed by atoms with van der Waals surface area (Å²) in [5.74, 6) is 0.279. The van der Waals surface area contributed by atoms with Crippen LogP contribution in [0.2, 0.25) is 5.02 Å². The molecule has 3 nitrogen and oxygen atoms in total. The van der Waals surface area contributed by atoms with Crippen molar-refractivity contribution in [2.24, 2.45) is 23.0 Å². The molecule has 0 aromatic heterocycles. The summed E-state index contributed by atoms with van der Waals surface area (Å²) in [5, 5.41) is 3.52. The van der Waals surface area contributed by atoms with E-state index in [1.165, 1.54) is 0 Å². The van der Waals surface area contributed by atoms with E-state index in [1.54, 1.807) is 6.07 Å². The molecule has 2 rings (SSSR count). The van der Waals surface area contributed by atoms with Crippen molar-refractivity contribution >= 4 is 39.1 Å². The molecule has 3 atom stereocenters. The Hall–Kier alpha value is -0.580. The fourth-order valence-corrected chi connectivity index (χ4v) is 3.66. The fraction of sp³-hybridized carbons (Fsp3) is 0.562. The van der Waals surface area contributed by atoms with Crippen LogP contribution in [0.1, 0.15) is 33.6 Å². The van der Waals surface area contributed by atoms with Crippen LogP contribution >= 0.6 is 27.5 Å². The molecular weight excluding hydrogens is 352 g/mol. The summed E-state index contributed by atoms with van der Waals surface area (Å²) in [5.41, 5.74) is 6.68. The van der Waals surface area contributed by atoms with Gasteiger partial charge in [-0.05, 0) is 42.4 Å². The van der Waals surface area contributed by atoms with Gasteiger partial charge in [-0.2, -0.15) is 0 Å². The van der Waals surface area contributed by atoms with Crippen molar-refractivity contribution in [1.82, 2.24) is 0 Å². The molecule has 0 spiro atoms. The van der Waals surface area contributed by atoms with Crippen LogP contribution in [0, 0.1) is 17.3 Å². The SMILES string of the molecule is CC1C(N)CCC(C(=O)Nc2cc(Br)ccc2Cl)C1(C)C. The maximum Gasteiger partial charge on any atom is 0.228 e. The molecule has 0 saturated heterocycles. The van der Waals surface area contributed by atoms with Crippen LogP contribution in [-0.2, 0) is 4.79 Å². The van der Waals surface area contributed by atoms with Crippen LogP contribution < -0.4 is 11.1 Å². The number of nitrogens with one attached hydrogen (secondary N) is 1. The van der Waals surface area contributed by atoms with E-state index >= 15 is 0 Å². The van der Waals surface area contributed by atoms with Gasteiger partial charge in [-0.3, -0.25) is 4.79 Å². The zero-order valence-corrected chi connectivity index (χ0v) is 15.0. The van der Waals surface area contributed by atoms with Gasteiger partial charge in [-0.15, -0.1) is 0 Å². The lowest BCUT2D eigenvalue weighted by Gasteiger charge is -2.46. The van der Waals surface area contributed by atoms with Crippen molar-refractivity contribution in [3.8, 4) is 0 Å². The number of hydrogen-bond donors (Lipinski definition) is 2. The highest BCUT2D eigenvalue weighted by Gasteiger charge is 2.45. The van der Waals surface area contributed by atoms with Crippen molar-refractivity contribution in [2.75, 3.05) is 5.32 Å². The molecule has 116 valence electrons. The van der Waals surface area contributed by atoms with Gasteiger partial charge in [0.25, 0.3) is 0 Å². The van der Waals surface area contributed by atoms with Gasteiger partial charge in [-0.1, -0.05) is 48.3 Å². The highest BCUT2D eigenvalue weighted by Crippen LogP contribution is 2.45. The zero-order chi connectivity index (χ0) is 15.8. The molecule has 5 heteroatoms. The lowest BCUT2D eigenvalue weighted by atomic mass is 9.61. The lowest BCUT2D eigenvalue weighted by Crippen LogP contribution is -2.50. The summed E-state index contributed by atoms with van der Waals surface area (Å²) in [4.78, 5) is 12.7. The molecule has 0 heterocycles. The zero-order valence-electron chi connectivity index (χ0n) is 12.6. The van der Waals surface area contributed by atoms with Crippen LogP contribution in [0.3, 0.4) is 0 Å². The topological polar surface area (TPSA) is 55.1 Å². The molecule has 1 aromatic rings. The number of hydrogen-bond acceptors (Lipinski definition) is 2. The van der Waals surface area contributed by atoms with E-state index in [0.717, 1.165) is 17.3 Å². The number of carbonyl (C=O) groups excluding carboxylic acids is 1. The average Bonchev–Trinajstić information content (AvgIpc) is 2.40. The van der Waals surface area contributed by atoms with Crippen LogP contribution in [0.5, 0.6) is 0 Å². The van der Waals surface area contributed by atoms with Gasteiger partial charge >= 0.3 is 0 Å². The van der Waals surface area contributed by atoms with Gasteiger partial charge in [0.15, 0.2) is 0 Å². The summed E-state index contributed by atoms with van der Waals surface area (Å²) < 4.78 is 0.889. The standard InChI is InChI=1S/C16H22BrClN2O/c1-9-13(19)7-5-11(16(9,2)3)15(21)20-14-8-10(17)4-6-12(14)18/h4,6,8-9,11,13H,5,7,19H2,1-3H3,(H,20,21). The third kappa shape index (κ3) is 3.43. The largest absolute Gasteiger partial charge is 0.327 e. The Bertz CT molecular complexity index is 547. The van der Waals surface area contributed by atoms with Crippen LogP contribution in [0.25, 0.3) is 0 Å². The third-order valence-corrected chi connectivity index (χ3v) is 5.83. The second-order valence-corrected chi connectivity index (χ2v) is 7.84. The smallest absolute Gasteiger partial charge is 0.228 e. The molecule has 3 N–H and O–H groups in total. The molecule has 1 amide bonds. The van der Waals surface area contributed by atoms with Crippen LogP contribution in [0.15, 0.2) is 22.7 Å². The first kappa shape index (κ1) is 16.8. The normalized spacial score (nSPS) is 28.2. The van der Waals surface area contributed by atoms with Crippen molar-refractivity contribution in [1.29, 1.82) is 0 Å². The predicted octanol–water partition coefficient (Wildman–Crippen LogP) is 4.44. The molecule has 1 saturated carbocycles. The minimum Gasteiger partial charge on any atom is -0.327 e. The lowest BCUT2D eigenvalue weighted by molar-refractivity contribution is -0.127. The first-order chi connectivity index (χ1) is 9.73. The van der Waals surface area contributed by atoms with E-state index in [4.69, 9.17) is 17.3 Å². The van der Waals surface area contributed by atoms with Gasteiger partial charge in [0.2, 0.25) is 5.91 Å². The molecule has 0 bridgehead atoms. The second kappa shape index (κ2) is 6.27. The van der Waals surface area contributed by atoms with E-state index < -0.39 is 0 Å². The van der Waals surface area contributed by atoms with Crippen LogP contribution in [0.4, 0.5) is 5.69 Å². The number of carbonyl (C=O) groups is 1. The highest BCUT2D eigenvalue weighted by atomic mass is 79.9. The maximum atomic E-state index is 12.7. The molecular formula is C16H22BrClN2O. The van der Waals surface area contributed by atoms with Crippen molar-refractivity contribution in [3.63, 3.8) is 0 Å². The number of halogens is 2.